The first-order chi connectivity index (χ1) is 8.06. The summed E-state index contributed by atoms with van der Waals surface area (Å²) in [5, 5.41) is 6.87. The van der Waals surface area contributed by atoms with Gasteiger partial charge >= 0.3 is 0 Å². The van der Waals surface area contributed by atoms with E-state index in [0.717, 1.165) is 22.1 Å². The fourth-order valence-electron chi connectivity index (χ4n) is 1.46. The fourth-order valence-corrected chi connectivity index (χ4v) is 2.49. The number of hydrogen-bond acceptors (Lipinski definition) is 2. The van der Waals surface area contributed by atoms with Crippen LogP contribution in [0.3, 0.4) is 0 Å². The van der Waals surface area contributed by atoms with Crippen molar-refractivity contribution in [3.05, 3.63) is 26.8 Å². The molecule has 2 N–H and O–H groups in total. The molecule has 1 fully saturated rings. The van der Waals surface area contributed by atoms with Gasteiger partial charge in [-0.15, -0.1) is 0 Å². The van der Waals surface area contributed by atoms with Crippen LogP contribution in [0.5, 0.6) is 0 Å². The molecule has 1 unspecified atom stereocenters. The maximum Gasteiger partial charge on any atom is 0.242 e. The van der Waals surface area contributed by atoms with Crippen molar-refractivity contribution in [2.24, 2.45) is 0 Å². The van der Waals surface area contributed by atoms with Gasteiger partial charge in [0.1, 0.15) is 6.04 Å². The number of amides is 1. The Balaban J connectivity index is 1.96. The Morgan fingerprint density at radius 3 is 2.82 bits per heavy atom. The Kier molecular flexibility index (Phi) is 4.14. The van der Waals surface area contributed by atoms with Gasteiger partial charge in [0, 0.05) is 20.3 Å². The number of anilines is 1. The Morgan fingerprint density at radius 2 is 2.24 bits per heavy atom. The third-order valence-electron chi connectivity index (χ3n) is 2.62. The molecule has 1 aromatic rings. The zero-order valence-electron chi connectivity index (χ0n) is 9.47. The van der Waals surface area contributed by atoms with Crippen LogP contribution >= 0.6 is 34.2 Å². The first-order valence-electron chi connectivity index (χ1n) is 5.58. The number of rotatable bonds is 4. The highest BCUT2D eigenvalue weighted by atomic mass is 127. The van der Waals surface area contributed by atoms with E-state index in [4.69, 9.17) is 11.6 Å². The van der Waals surface area contributed by atoms with Gasteiger partial charge in [-0.2, -0.15) is 0 Å². The molecule has 1 aromatic carbocycles. The molecule has 92 valence electrons. The first kappa shape index (κ1) is 13.0. The number of halogens is 2. The summed E-state index contributed by atoms with van der Waals surface area (Å²) >= 11 is 8.08. The van der Waals surface area contributed by atoms with E-state index in [9.17, 15) is 4.79 Å². The maximum atomic E-state index is 11.8. The molecule has 1 atom stereocenters. The van der Waals surface area contributed by atoms with E-state index in [1.807, 2.05) is 25.1 Å². The molecule has 0 saturated heterocycles. The third kappa shape index (κ3) is 3.74. The van der Waals surface area contributed by atoms with Crippen LogP contribution < -0.4 is 10.6 Å². The smallest absolute Gasteiger partial charge is 0.242 e. The molecule has 17 heavy (non-hydrogen) atoms. The molecule has 1 aliphatic rings. The second kappa shape index (κ2) is 5.44. The number of benzene rings is 1. The average Bonchev–Trinajstić information content (AvgIpc) is 3.06. The normalized spacial score (nSPS) is 16.4. The van der Waals surface area contributed by atoms with Crippen LogP contribution in [0.4, 0.5) is 5.69 Å². The van der Waals surface area contributed by atoms with E-state index >= 15 is 0 Å². The van der Waals surface area contributed by atoms with Crippen molar-refractivity contribution in [3.63, 3.8) is 0 Å². The van der Waals surface area contributed by atoms with Crippen LogP contribution in [0.2, 0.25) is 5.02 Å². The summed E-state index contributed by atoms with van der Waals surface area (Å²) in [4.78, 5) is 11.8. The summed E-state index contributed by atoms with van der Waals surface area (Å²) in [6.45, 7) is 1.86. The largest absolute Gasteiger partial charge is 0.373 e. The molecule has 2 rings (SSSR count). The maximum absolute atomic E-state index is 11.8. The van der Waals surface area contributed by atoms with Crippen molar-refractivity contribution < 1.29 is 4.79 Å². The summed E-state index contributed by atoms with van der Waals surface area (Å²) in [6.07, 6.45) is 2.22. The predicted molar refractivity (Wildman–Crippen MR) is 78.4 cm³/mol. The van der Waals surface area contributed by atoms with Crippen LogP contribution in [0, 0.1) is 3.57 Å². The van der Waals surface area contributed by atoms with Crippen molar-refractivity contribution in [2.75, 3.05) is 5.32 Å². The van der Waals surface area contributed by atoms with E-state index < -0.39 is 0 Å². The first-order valence-corrected chi connectivity index (χ1v) is 7.04. The monoisotopic (exact) mass is 364 g/mol. The molecule has 0 bridgehead atoms. The minimum absolute atomic E-state index is 0.0539. The number of nitrogens with one attached hydrogen (secondary N) is 2. The SMILES string of the molecule is CC(Nc1ccc(Cl)cc1I)C(=O)NC1CC1. The zero-order valence-corrected chi connectivity index (χ0v) is 12.4. The Hall–Kier alpha value is -0.490. The quantitative estimate of drug-likeness (QED) is 0.807. The van der Waals surface area contributed by atoms with Gasteiger partial charge in [0.2, 0.25) is 5.91 Å². The van der Waals surface area contributed by atoms with E-state index in [1.165, 1.54) is 0 Å². The fraction of sp³-hybridized carbons (Fsp3) is 0.417. The molecular weight excluding hydrogens is 351 g/mol. The minimum Gasteiger partial charge on any atom is -0.373 e. The van der Waals surface area contributed by atoms with Crippen LogP contribution in [-0.4, -0.2) is 18.0 Å². The molecule has 0 radical (unpaired) electrons. The van der Waals surface area contributed by atoms with Gasteiger partial charge in [-0.05, 0) is 60.6 Å². The Labute approximate surface area is 119 Å². The van der Waals surface area contributed by atoms with Gasteiger partial charge in [0.25, 0.3) is 0 Å². The van der Waals surface area contributed by atoms with Gasteiger partial charge in [0.15, 0.2) is 0 Å². The van der Waals surface area contributed by atoms with Crippen LogP contribution in [0.1, 0.15) is 19.8 Å². The number of hydrogen-bond donors (Lipinski definition) is 2. The Bertz CT molecular complexity index is 435. The zero-order chi connectivity index (χ0) is 12.4. The second-order valence-corrected chi connectivity index (χ2v) is 5.87. The molecule has 1 aliphatic carbocycles. The molecule has 0 aliphatic heterocycles. The molecule has 0 aromatic heterocycles. The molecular formula is C12H14ClIN2O. The lowest BCUT2D eigenvalue weighted by Crippen LogP contribution is -2.38. The van der Waals surface area contributed by atoms with Crippen LogP contribution in [0.15, 0.2) is 18.2 Å². The van der Waals surface area contributed by atoms with Crippen molar-refractivity contribution in [1.29, 1.82) is 0 Å². The summed E-state index contributed by atoms with van der Waals surface area (Å²) in [5.74, 6) is 0.0539. The highest BCUT2D eigenvalue weighted by Crippen LogP contribution is 2.23. The van der Waals surface area contributed by atoms with Crippen molar-refractivity contribution in [2.45, 2.75) is 31.8 Å². The van der Waals surface area contributed by atoms with Crippen molar-refractivity contribution >= 4 is 45.8 Å². The summed E-state index contributed by atoms with van der Waals surface area (Å²) in [7, 11) is 0. The summed E-state index contributed by atoms with van der Waals surface area (Å²) in [6, 6.07) is 5.75. The number of carbonyl (C=O) groups is 1. The molecule has 0 heterocycles. The van der Waals surface area contributed by atoms with E-state index in [-0.39, 0.29) is 11.9 Å². The van der Waals surface area contributed by atoms with Gasteiger partial charge < -0.3 is 10.6 Å². The minimum atomic E-state index is -0.231. The lowest BCUT2D eigenvalue weighted by atomic mass is 10.2. The van der Waals surface area contributed by atoms with Crippen molar-refractivity contribution in [1.82, 2.24) is 5.32 Å². The van der Waals surface area contributed by atoms with Crippen LogP contribution in [0.25, 0.3) is 0 Å². The second-order valence-electron chi connectivity index (χ2n) is 4.27. The topological polar surface area (TPSA) is 41.1 Å². The Morgan fingerprint density at radius 1 is 1.53 bits per heavy atom. The summed E-state index contributed by atoms with van der Waals surface area (Å²) < 4.78 is 1.01. The average molecular weight is 365 g/mol. The van der Waals surface area contributed by atoms with Gasteiger partial charge in [-0.25, -0.2) is 0 Å². The van der Waals surface area contributed by atoms with Gasteiger partial charge in [-0.1, -0.05) is 11.6 Å². The van der Waals surface area contributed by atoms with E-state index in [1.54, 1.807) is 0 Å². The molecule has 3 nitrogen and oxygen atoms in total. The third-order valence-corrected chi connectivity index (χ3v) is 3.75. The summed E-state index contributed by atoms with van der Waals surface area (Å²) in [5.41, 5.74) is 0.938. The highest BCUT2D eigenvalue weighted by molar-refractivity contribution is 14.1. The van der Waals surface area contributed by atoms with Gasteiger partial charge in [0.05, 0.1) is 0 Å². The standard InChI is InChI=1S/C12H14ClIN2O/c1-7(12(17)16-9-3-4-9)15-11-5-2-8(13)6-10(11)14/h2,5-7,9,15H,3-4H2,1H3,(H,16,17). The van der Waals surface area contributed by atoms with Crippen molar-refractivity contribution in [3.8, 4) is 0 Å². The predicted octanol–water partition coefficient (Wildman–Crippen LogP) is 3.02. The lowest BCUT2D eigenvalue weighted by Gasteiger charge is -2.16. The van der Waals surface area contributed by atoms with E-state index in [2.05, 4.69) is 33.2 Å². The molecule has 1 saturated carbocycles. The van der Waals surface area contributed by atoms with Gasteiger partial charge in [-0.3, -0.25) is 4.79 Å². The molecule has 5 heteroatoms. The van der Waals surface area contributed by atoms with E-state index in [0.29, 0.717) is 11.1 Å². The highest BCUT2D eigenvalue weighted by Gasteiger charge is 2.25. The lowest BCUT2D eigenvalue weighted by molar-refractivity contribution is -0.121. The number of carbonyl (C=O) groups excluding carboxylic acids is 1. The molecule has 0 spiro atoms. The van der Waals surface area contributed by atoms with Crippen LogP contribution in [-0.2, 0) is 4.79 Å². The molecule has 1 amide bonds.